The number of rotatable bonds is 6. The molecule has 6 nitrogen and oxygen atoms in total. The predicted octanol–water partition coefficient (Wildman–Crippen LogP) is 3.30. The molecule has 0 saturated heterocycles. The Hall–Kier alpha value is -2.75. The highest BCUT2D eigenvalue weighted by atomic mass is 19.1. The Balaban J connectivity index is 2.42. The maximum Gasteiger partial charge on any atom is 0.407 e. The van der Waals surface area contributed by atoms with Gasteiger partial charge in [0.15, 0.2) is 0 Å². The first kappa shape index (κ1) is 18.3. The Labute approximate surface area is 134 Å². The largest absolute Gasteiger partial charge is 0.489 e. The van der Waals surface area contributed by atoms with Crippen molar-refractivity contribution in [2.45, 2.75) is 26.4 Å². The fourth-order valence-electron chi connectivity index (χ4n) is 1.45. The molecule has 1 N–H and O–H groups in total. The minimum Gasteiger partial charge on any atom is -0.489 e. The summed E-state index contributed by atoms with van der Waals surface area (Å²) in [7, 11) is 0. The fraction of sp³-hybridized carbons (Fsp3) is 0.375. The first-order chi connectivity index (χ1) is 10.8. The Morgan fingerprint density at radius 1 is 1.30 bits per heavy atom. The Bertz CT molecular complexity index is 586. The van der Waals surface area contributed by atoms with Crippen LogP contribution < -0.4 is 14.8 Å². The van der Waals surface area contributed by atoms with Crippen molar-refractivity contribution in [2.24, 2.45) is 0 Å². The third-order valence-corrected chi connectivity index (χ3v) is 2.42. The molecule has 1 aromatic rings. The van der Waals surface area contributed by atoms with Gasteiger partial charge in [-0.15, -0.1) is 5.26 Å². The number of benzene rings is 1. The molecular formula is C16H19FN2O4. The van der Waals surface area contributed by atoms with Crippen LogP contribution in [0.15, 0.2) is 36.2 Å². The molecule has 0 radical (unpaired) electrons. The Morgan fingerprint density at radius 2 is 1.91 bits per heavy atom. The molecule has 1 aromatic carbocycles. The highest BCUT2D eigenvalue weighted by Gasteiger charge is 2.16. The first-order valence-electron chi connectivity index (χ1n) is 6.88. The maximum absolute atomic E-state index is 12.8. The standard InChI is InChI=1S/C16H19FN2O4/c1-16(2,3)23-15(20)19-9-12(8-17)10-21-13-4-6-14(7-5-13)22-11-18/h4-8H,9-10H2,1-3H3,(H,19,20)/b12-8+. The van der Waals surface area contributed by atoms with Crippen LogP contribution in [0.4, 0.5) is 9.18 Å². The van der Waals surface area contributed by atoms with Crippen LogP contribution in [0.5, 0.6) is 11.5 Å². The van der Waals surface area contributed by atoms with Crippen LogP contribution in [0, 0.1) is 11.5 Å². The molecule has 1 rings (SSSR count). The normalized spacial score (nSPS) is 11.3. The van der Waals surface area contributed by atoms with Crippen LogP contribution in [0.2, 0.25) is 0 Å². The van der Waals surface area contributed by atoms with Crippen molar-refractivity contribution in [3.8, 4) is 17.8 Å². The van der Waals surface area contributed by atoms with Gasteiger partial charge in [-0.05, 0) is 45.0 Å². The maximum atomic E-state index is 12.8. The molecule has 1 amide bonds. The zero-order chi connectivity index (χ0) is 17.3. The molecule has 0 aliphatic carbocycles. The van der Waals surface area contributed by atoms with E-state index >= 15 is 0 Å². The van der Waals surface area contributed by atoms with Gasteiger partial charge in [-0.2, -0.15) is 0 Å². The summed E-state index contributed by atoms with van der Waals surface area (Å²) >= 11 is 0. The van der Waals surface area contributed by atoms with Gasteiger partial charge in [-0.25, -0.2) is 9.18 Å². The molecule has 23 heavy (non-hydrogen) atoms. The van der Waals surface area contributed by atoms with Gasteiger partial charge >= 0.3 is 6.09 Å². The molecule has 124 valence electrons. The molecule has 0 spiro atoms. The molecule has 0 bridgehead atoms. The number of alkyl carbamates (subject to hydrolysis) is 1. The first-order valence-corrected chi connectivity index (χ1v) is 6.88. The lowest BCUT2D eigenvalue weighted by atomic mass is 10.2. The molecule has 0 aromatic heterocycles. The van der Waals surface area contributed by atoms with Gasteiger partial charge in [-0.1, -0.05) is 0 Å². The summed E-state index contributed by atoms with van der Waals surface area (Å²) in [6.07, 6.45) is 1.30. The van der Waals surface area contributed by atoms with Crippen molar-refractivity contribution in [3.05, 3.63) is 36.2 Å². The number of nitrogens with zero attached hydrogens (tertiary/aromatic N) is 1. The molecule has 0 unspecified atom stereocenters. The van der Waals surface area contributed by atoms with Gasteiger partial charge < -0.3 is 19.5 Å². The summed E-state index contributed by atoms with van der Waals surface area (Å²) in [6.45, 7) is 5.15. The van der Waals surface area contributed by atoms with Crippen molar-refractivity contribution >= 4 is 6.09 Å². The lowest BCUT2D eigenvalue weighted by Gasteiger charge is -2.20. The molecule has 0 fully saturated rings. The number of ether oxygens (including phenoxy) is 3. The number of halogens is 1. The summed E-state index contributed by atoms with van der Waals surface area (Å²) in [5, 5.41) is 10.8. The number of nitrogens with one attached hydrogen (secondary N) is 1. The van der Waals surface area contributed by atoms with Crippen LogP contribution >= 0.6 is 0 Å². The van der Waals surface area contributed by atoms with E-state index in [4.69, 9.17) is 14.7 Å². The molecule has 0 aliphatic heterocycles. The van der Waals surface area contributed by atoms with Gasteiger partial charge in [0, 0.05) is 12.1 Å². The topological polar surface area (TPSA) is 80.6 Å². The second-order valence-electron chi connectivity index (χ2n) is 5.58. The van der Waals surface area contributed by atoms with Crippen molar-refractivity contribution < 1.29 is 23.4 Å². The van der Waals surface area contributed by atoms with E-state index in [1.165, 1.54) is 0 Å². The van der Waals surface area contributed by atoms with Crippen LogP contribution in [-0.4, -0.2) is 24.8 Å². The van der Waals surface area contributed by atoms with E-state index in [-0.39, 0.29) is 18.7 Å². The molecule has 0 heterocycles. The van der Waals surface area contributed by atoms with Gasteiger partial charge in [0.05, 0.1) is 6.33 Å². The van der Waals surface area contributed by atoms with E-state index in [1.807, 2.05) is 0 Å². The SMILES string of the molecule is CC(C)(C)OC(=O)NC/C(=C\F)COc1ccc(OC#N)cc1. The molecule has 7 heteroatoms. The number of hydrogen-bond acceptors (Lipinski definition) is 5. The lowest BCUT2D eigenvalue weighted by molar-refractivity contribution is 0.0531. The highest BCUT2D eigenvalue weighted by Crippen LogP contribution is 2.17. The molecule has 0 aliphatic rings. The summed E-state index contributed by atoms with van der Waals surface area (Å²) < 4.78 is 27.9. The molecule has 0 atom stereocenters. The average Bonchev–Trinajstić information content (AvgIpc) is 2.47. The monoisotopic (exact) mass is 322 g/mol. The van der Waals surface area contributed by atoms with Crippen LogP contribution in [-0.2, 0) is 4.74 Å². The fourth-order valence-corrected chi connectivity index (χ4v) is 1.45. The number of nitriles is 1. The third-order valence-electron chi connectivity index (χ3n) is 2.42. The van der Waals surface area contributed by atoms with Crippen LogP contribution in [0.1, 0.15) is 20.8 Å². The number of carbonyl (C=O) groups excluding carboxylic acids is 1. The van der Waals surface area contributed by atoms with Crippen molar-refractivity contribution in [1.82, 2.24) is 5.32 Å². The smallest absolute Gasteiger partial charge is 0.407 e. The summed E-state index contributed by atoms with van der Waals surface area (Å²) in [6, 6.07) is 6.28. The zero-order valence-corrected chi connectivity index (χ0v) is 13.3. The van der Waals surface area contributed by atoms with Crippen molar-refractivity contribution in [3.63, 3.8) is 0 Å². The van der Waals surface area contributed by atoms with Crippen LogP contribution in [0.25, 0.3) is 0 Å². The van der Waals surface area contributed by atoms with E-state index in [9.17, 15) is 9.18 Å². The van der Waals surface area contributed by atoms with E-state index in [1.54, 1.807) is 51.3 Å². The van der Waals surface area contributed by atoms with E-state index in [2.05, 4.69) is 10.1 Å². The van der Waals surface area contributed by atoms with Gasteiger partial charge in [0.2, 0.25) is 0 Å². The van der Waals surface area contributed by atoms with Crippen molar-refractivity contribution in [1.29, 1.82) is 5.26 Å². The predicted molar refractivity (Wildman–Crippen MR) is 81.6 cm³/mol. The molecule has 0 saturated carbocycles. The minimum atomic E-state index is -0.630. The Morgan fingerprint density at radius 3 is 2.43 bits per heavy atom. The van der Waals surface area contributed by atoms with Gasteiger partial charge in [0.1, 0.15) is 23.7 Å². The molecular weight excluding hydrogens is 303 g/mol. The Kier molecular flexibility index (Phi) is 6.87. The zero-order valence-electron chi connectivity index (χ0n) is 13.3. The van der Waals surface area contributed by atoms with E-state index in [0.717, 1.165) is 0 Å². The second-order valence-corrected chi connectivity index (χ2v) is 5.58. The summed E-state index contributed by atoms with van der Waals surface area (Å²) in [5.74, 6) is 0.861. The van der Waals surface area contributed by atoms with E-state index < -0.39 is 11.7 Å². The minimum absolute atomic E-state index is 0.0267. The summed E-state index contributed by atoms with van der Waals surface area (Å²) in [5.41, 5.74) is -0.374. The van der Waals surface area contributed by atoms with Crippen molar-refractivity contribution in [2.75, 3.05) is 13.2 Å². The number of amides is 1. The lowest BCUT2D eigenvalue weighted by Crippen LogP contribution is -2.34. The number of hydrogen-bond donors (Lipinski definition) is 1. The van der Waals surface area contributed by atoms with E-state index in [0.29, 0.717) is 17.8 Å². The third kappa shape index (κ3) is 7.71. The average molecular weight is 322 g/mol. The number of carbonyl (C=O) groups is 1. The highest BCUT2D eigenvalue weighted by molar-refractivity contribution is 5.68. The summed E-state index contributed by atoms with van der Waals surface area (Å²) in [4.78, 5) is 11.5. The quantitative estimate of drug-likeness (QED) is 0.813. The second kappa shape index (κ2) is 8.63. The van der Waals surface area contributed by atoms with Gasteiger partial charge in [0.25, 0.3) is 6.26 Å². The van der Waals surface area contributed by atoms with Gasteiger partial charge in [-0.3, -0.25) is 0 Å². The van der Waals surface area contributed by atoms with Crippen LogP contribution in [0.3, 0.4) is 0 Å².